The maximum atomic E-state index is 14.1. The fourth-order valence-electron chi connectivity index (χ4n) is 5.24. The van der Waals surface area contributed by atoms with E-state index in [-0.39, 0.29) is 12.6 Å². The van der Waals surface area contributed by atoms with Gasteiger partial charge in [0.1, 0.15) is 17.3 Å². The van der Waals surface area contributed by atoms with Crippen molar-refractivity contribution in [2.24, 2.45) is 0 Å². The van der Waals surface area contributed by atoms with Crippen LogP contribution in [0.5, 0.6) is 11.5 Å². The molecule has 2 heterocycles. The van der Waals surface area contributed by atoms with Crippen LogP contribution in [0.15, 0.2) is 60.7 Å². The summed E-state index contributed by atoms with van der Waals surface area (Å²) in [6, 6.07) is 14.0. The molecule has 1 unspecified atom stereocenters. The minimum Gasteiger partial charge on any atom is -0.497 e. The third kappa shape index (κ3) is 5.30. The number of imidazole rings is 1. The predicted octanol–water partition coefficient (Wildman–Crippen LogP) is 7.45. The van der Waals surface area contributed by atoms with Gasteiger partial charge in [-0.3, -0.25) is 9.36 Å². The quantitative estimate of drug-likeness (QED) is 0.231. The van der Waals surface area contributed by atoms with E-state index in [1.54, 1.807) is 36.4 Å². The number of carbonyl (C=O) groups excluding carboxylic acids is 1. The van der Waals surface area contributed by atoms with E-state index in [2.05, 4.69) is 0 Å². The largest absolute Gasteiger partial charge is 0.497 e. The van der Waals surface area contributed by atoms with Crippen molar-refractivity contribution in [1.82, 2.24) is 14.5 Å². The van der Waals surface area contributed by atoms with Gasteiger partial charge in [0.25, 0.3) is 5.91 Å². The van der Waals surface area contributed by atoms with Gasteiger partial charge in [-0.05, 0) is 67.8 Å². The summed E-state index contributed by atoms with van der Waals surface area (Å²) in [7, 11) is 2.46. The Morgan fingerprint density at radius 1 is 0.902 bits per heavy atom. The summed E-state index contributed by atoms with van der Waals surface area (Å²) in [6.45, 7) is 0.0802. The molecule has 4 aromatic rings. The molecule has 1 atom stereocenters. The average Bonchev–Trinajstić information content (AvgIpc) is 3.34. The van der Waals surface area contributed by atoms with Gasteiger partial charge in [0.05, 0.1) is 48.0 Å². The maximum absolute atomic E-state index is 14.1. The van der Waals surface area contributed by atoms with Gasteiger partial charge >= 0.3 is 12.4 Å². The minimum absolute atomic E-state index is 0.0404. The Bertz CT molecular complexity index is 1580. The van der Waals surface area contributed by atoms with Crippen LogP contribution in [0.2, 0.25) is 0 Å². The molecule has 1 aliphatic heterocycles. The second kappa shape index (κ2) is 10.6. The van der Waals surface area contributed by atoms with Gasteiger partial charge in [-0.15, -0.1) is 0 Å². The van der Waals surface area contributed by atoms with Crippen molar-refractivity contribution in [3.8, 4) is 17.2 Å². The molecule has 12 heteroatoms. The summed E-state index contributed by atoms with van der Waals surface area (Å²) in [5.41, 5.74) is -2.22. The molecule has 1 aromatic heterocycles. The molecule has 0 saturated carbocycles. The van der Waals surface area contributed by atoms with Crippen LogP contribution in [0.3, 0.4) is 0 Å². The summed E-state index contributed by atoms with van der Waals surface area (Å²) in [4.78, 5) is 20.0. The first kappa shape index (κ1) is 28.3. The van der Waals surface area contributed by atoms with Crippen LogP contribution >= 0.6 is 0 Å². The van der Waals surface area contributed by atoms with Crippen molar-refractivity contribution in [2.75, 3.05) is 20.8 Å². The van der Waals surface area contributed by atoms with Crippen molar-refractivity contribution >= 4 is 16.9 Å². The number of alkyl halides is 6. The molecule has 1 aliphatic rings. The van der Waals surface area contributed by atoms with E-state index in [0.717, 1.165) is 7.11 Å². The van der Waals surface area contributed by atoms with E-state index in [9.17, 15) is 31.1 Å². The van der Waals surface area contributed by atoms with Gasteiger partial charge in [-0.2, -0.15) is 26.3 Å². The first-order valence-electron chi connectivity index (χ1n) is 12.7. The van der Waals surface area contributed by atoms with E-state index in [4.69, 9.17) is 14.5 Å². The van der Waals surface area contributed by atoms with Crippen LogP contribution in [0.25, 0.3) is 16.7 Å². The molecule has 3 aromatic carbocycles. The highest BCUT2D eigenvalue weighted by molar-refractivity contribution is 5.99. The summed E-state index contributed by atoms with van der Waals surface area (Å²) < 4.78 is 94.9. The number of benzene rings is 3. The van der Waals surface area contributed by atoms with Crippen molar-refractivity contribution < 1.29 is 40.6 Å². The molecule has 0 aliphatic carbocycles. The summed E-state index contributed by atoms with van der Waals surface area (Å²) in [5.74, 6) is -0.849. The standard InChI is InChI=1S/C29H25F6N3O3/c1-40-19-12-10-18(11-13-19)38-22-8-4-3-7-21(22)36-26(38)23-9-5-6-14-37(23)27(39)25-20(29(33,34)35)15-17(28(30,31)32)16-24(25)41-2/h3-4,7-8,10-13,15-16,23H,5-6,9,14H2,1-2H3. The van der Waals surface area contributed by atoms with Gasteiger partial charge in [-0.25, -0.2) is 4.98 Å². The van der Waals surface area contributed by atoms with Crippen LogP contribution in [0.1, 0.15) is 52.6 Å². The molecule has 0 bridgehead atoms. The Balaban J connectivity index is 1.67. The van der Waals surface area contributed by atoms with Gasteiger partial charge < -0.3 is 14.4 Å². The lowest BCUT2D eigenvalue weighted by molar-refractivity contribution is -0.143. The van der Waals surface area contributed by atoms with E-state index in [0.29, 0.717) is 53.6 Å². The summed E-state index contributed by atoms with van der Waals surface area (Å²) >= 11 is 0. The SMILES string of the molecule is COc1ccc(-n2c(C3CCCCN3C(=O)c3c(OC)cc(C(F)(F)F)cc3C(F)(F)F)nc3ccccc32)cc1. The first-order valence-corrected chi connectivity index (χ1v) is 12.7. The Hall–Kier alpha value is -4.22. The van der Waals surface area contributed by atoms with Crippen molar-refractivity contribution in [2.45, 2.75) is 37.7 Å². The van der Waals surface area contributed by atoms with E-state index < -0.39 is 46.7 Å². The average molecular weight is 578 g/mol. The number of hydrogen-bond donors (Lipinski definition) is 0. The smallest absolute Gasteiger partial charge is 0.417 e. The lowest BCUT2D eigenvalue weighted by Crippen LogP contribution is -2.40. The number of carbonyl (C=O) groups is 1. The fourth-order valence-corrected chi connectivity index (χ4v) is 5.24. The third-order valence-corrected chi connectivity index (χ3v) is 7.15. The molecular formula is C29H25F6N3O3. The monoisotopic (exact) mass is 577 g/mol. The van der Waals surface area contributed by atoms with Crippen LogP contribution in [0.4, 0.5) is 26.3 Å². The van der Waals surface area contributed by atoms with Crippen LogP contribution in [0, 0.1) is 0 Å². The molecule has 0 N–H and O–H groups in total. The van der Waals surface area contributed by atoms with Gasteiger partial charge in [0.15, 0.2) is 0 Å². The number of amides is 1. The number of rotatable bonds is 5. The van der Waals surface area contributed by atoms with E-state index in [1.165, 1.54) is 12.0 Å². The highest BCUT2D eigenvalue weighted by atomic mass is 19.4. The number of piperidine rings is 1. The molecule has 5 rings (SSSR count). The molecular weight excluding hydrogens is 552 g/mol. The summed E-state index contributed by atoms with van der Waals surface area (Å²) in [6.07, 6.45) is -8.78. The topological polar surface area (TPSA) is 56.6 Å². The number of halogens is 6. The predicted molar refractivity (Wildman–Crippen MR) is 138 cm³/mol. The number of methoxy groups -OCH3 is 2. The molecule has 1 fully saturated rings. The zero-order valence-electron chi connectivity index (χ0n) is 22.0. The van der Waals surface area contributed by atoms with E-state index >= 15 is 0 Å². The van der Waals surface area contributed by atoms with Crippen molar-refractivity contribution in [3.05, 3.63) is 83.2 Å². The summed E-state index contributed by atoms with van der Waals surface area (Å²) in [5, 5.41) is 0. The number of para-hydroxylation sites is 2. The highest BCUT2D eigenvalue weighted by Crippen LogP contribution is 2.44. The lowest BCUT2D eigenvalue weighted by atomic mass is 9.96. The number of fused-ring (bicyclic) bond motifs is 1. The van der Waals surface area contributed by atoms with Gasteiger partial charge in [0.2, 0.25) is 0 Å². The normalized spacial score (nSPS) is 16.2. The maximum Gasteiger partial charge on any atom is 0.417 e. The number of nitrogens with zero attached hydrogens (tertiary/aromatic N) is 3. The highest BCUT2D eigenvalue weighted by Gasteiger charge is 2.44. The van der Waals surface area contributed by atoms with Gasteiger partial charge in [0, 0.05) is 12.2 Å². The van der Waals surface area contributed by atoms with Crippen LogP contribution < -0.4 is 9.47 Å². The molecule has 216 valence electrons. The number of ether oxygens (including phenoxy) is 2. The minimum atomic E-state index is -5.25. The van der Waals surface area contributed by atoms with Gasteiger partial charge in [-0.1, -0.05) is 12.1 Å². The Morgan fingerprint density at radius 2 is 1.61 bits per heavy atom. The lowest BCUT2D eigenvalue weighted by Gasteiger charge is -2.36. The molecule has 1 saturated heterocycles. The Kier molecular flexibility index (Phi) is 7.35. The Labute approximate surface area is 231 Å². The molecule has 41 heavy (non-hydrogen) atoms. The second-order valence-electron chi connectivity index (χ2n) is 9.60. The third-order valence-electron chi connectivity index (χ3n) is 7.15. The fraction of sp³-hybridized carbons (Fsp3) is 0.310. The zero-order valence-corrected chi connectivity index (χ0v) is 22.0. The molecule has 6 nitrogen and oxygen atoms in total. The Morgan fingerprint density at radius 3 is 2.24 bits per heavy atom. The number of hydrogen-bond acceptors (Lipinski definition) is 4. The molecule has 0 radical (unpaired) electrons. The number of aromatic nitrogens is 2. The molecule has 1 amide bonds. The van der Waals surface area contributed by atoms with Crippen molar-refractivity contribution in [1.29, 1.82) is 0 Å². The second-order valence-corrected chi connectivity index (χ2v) is 9.60. The van der Waals surface area contributed by atoms with Crippen LogP contribution in [-0.4, -0.2) is 41.1 Å². The van der Waals surface area contributed by atoms with Crippen LogP contribution in [-0.2, 0) is 12.4 Å². The van der Waals surface area contributed by atoms with E-state index in [1.807, 2.05) is 16.7 Å². The zero-order chi connectivity index (χ0) is 29.5. The van der Waals surface area contributed by atoms with Crippen molar-refractivity contribution in [3.63, 3.8) is 0 Å². The number of likely N-dealkylation sites (tertiary alicyclic amines) is 1. The first-order chi connectivity index (χ1) is 19.4. The molecule has 0 spiro atoms.